The minimum atomic E-state index is 0. The minimum Gasteiger partial charge on any atom is 0 e. The maximum atomic E-state index is 0. The quantitative estimate of drug-likeness (QED) is 0.549. The zero-order chi connectivity index (χ0) is 0. The maximum absolute atomic E-state index is 0. The van der Waals surface area contributed by atoms with E-state index in [-0.39, 0.29) is 88.5 Å². The first kappa shape index (κ1) is 47.0. The van der Waals surface area contributed by atoms with Crippen LogP contribution in [0.15, 0.2) is 0 Å². The summed E-state index contributed by atoms with van der Waals surface area (Å²) in [6.45, 7) is 0. The van der Waals surface area contributed by atoms with Crippen molar-refractivity contribution in [1.82, 2.24) is 0 Å². The summed E-state index contributed by atoms with van der Waals surface area (Å²) >= 11 is 0. The molecular formula is CrCuMoNi2. The smallest absolute Gasteiger partial charge is 0 e. The Hall–Kier alpha value is 2.73. The Labute approximate surface area is 87.3 Å². The van der Waals surface area contributed by atoms with Crippen molar-refractivity contribution in [2.24, 2.45) is 0 Å². The molecule has 0 rings (SSSR count). The molecule has 5 heteroatoms. The monoisotopic (exact) mass is 329 g/mol. The van der Waals surface area contributed by atoms with Gasteiger partial charge >= 0.3 is 0 Å². The minimum absolute atomic E-state index is 0. The van der Waals surface area contributed by atoms with Crippen LogP contribution in [0, 0.1) is 0 Å². The van der Waals surface area contributed by atoms with Gasteiger partial charge in [-0.25, -0.2) is 0 Å². The summed E-state index contributed by atoms with van der Waals surface area (Å²) in [6.07, 6.45) is 0. The van der Waals surface area contributed by atoms with Crippen molar-refractivity contribution in [1.29, 1.82) is 0 Å². The molecule has 0 unspecified atom stereocenters. The summed E-state index contributed by atoms with van der Waals surface area (Å²) in [5, 5.41) is 0. The molecule has 0 atom stereocenters. The standard InChI is InChI=1S/Cr.Cu.Mo.2Ni. The second-order valence-electron chi connectivity index (χ2n) is 0. The molecule has 0 aromatic rings. The van der Waals surface area contributed by atoms with Crippen LogP contribution in [0.3, 0.4) is 0 Å². The third-order valence-electron chi connectivity index (χ3n) is 0. The topological polar surface area (TPSA) is 0 Å². The molecule has 0 nitrogen and oxygen atoms in total. The SMILES string of the molecule is [Cr].[Cu].[Mo].[Ni].[Ni]. The molecule has 0 N–H and O–H groups in total. The van der Waals surface area contributed by atoms with Gasteiger partial charge in [0.15, 0.2) is 0 Å². The molecule has 0 aliphatic rings. The molecule has 0 saturated carbocycles. The van der Waals surface area contributed by atoms with Gasteiger partial charge in [0.2, 0.25) is 0 Å². The van der Waals surface area contributed by atoms with Crippen LogP contribution in [0.25, 0.3) is 0 Å². The van der Waals surface area contributed by atoms with Gasteiger partial charge in [0.05, 0.1) is 0 Å². The number of hydrogen-bond donors (Lipinski definition) is 0. The maximum Gasteiger partial charge on any atom is 0 e. The van der Waals surface area contributed by atoms with E-state index in [0.29, 0.717) is 0 Å². The third-order valence-corrected chi connectivity index (χ3v) is 0. The van der Waals surface area contributed by atoms with Crippen LogP contribution in [0.2, 0.25) is 0 Å². The van der Waals surface area contributed by atoms with Gasteiger partial charge in [0.1, 0.15) is 0 Å². The van der Waals surface area contributed by atoms with E-state index in [1.807, 2.05) is 0 Å². The first-order valence-electron chi connectivity index (χ1n) is 0. The van der Waals surface area contributed by atoms with E-state index in [1.54, 1.807) is 0 Å². The number of hydrogen-bond acceptors (Lipinski definition) is 0. The molecule has 0 aromatic carbocycles. The zero-order valence-corrected chi connectivity index (χ0v) is 7.95. The molecule has 0 aliphatic heterocycles. The van der Waals surface area contributed by atoms with Gasteiger partial charge in [-0.05, 0) is 0 Å². The summed E-state index contributed by atoms with van der Waals surface area (Å²) in [6, 6.07) is 0. The van der Waals surface area contributed by atoms with E-state index >= 15 is 0 Å². The van der Waals surface area contributed by atoms with Crippen molar-refractivity contribution in [2.75, 3.05) is 0 Å². The van der Waals surface area contributed by atoms with Crippen LogP contribution in [0.4, 0.5) is 0 Å². The summed E-state index contributed by atoms with van der Waals surface area (Å²) < 4.78 is 0. The summed E-state index contributed by atoms with van der Waals surface area (Å²) in [5.74, 6) is 0. The normalized spacial score (nSPS) is 0. The van der Waals surface area contributed by atoms with Gasteiger partial charge in [0, 0.05) is 88.5 Å². The van der Waals surface area contributed by atoms with Gasteiger partial charge < -0.3 is 0 Å². The molecule has 0 fully saturated rings. The van der Waals surface area contributed by atoms with Gasteiger partial charge in [0.25, 0.3) is 0 Å². The van der Waals surface area contributed by atoms with Gasteiger partial charge in [-0.3, -0.25) is 0 Å². The van der Waals surface area contributed by atoms with E-state index in [0.717, 1.165) is 0 Å². The zero-order valence-electron chi connectivity index (χ0n) is 1.75. The fourth-order valence-electron chi connectivity index (χ4n) is 0. The van der Waals surface area contributed by atoms with Gasteiger partial charge in [-0.15, -0.1) is 0 Å². The molecule has 1 radical (unpaired) electrons. The van der Waals surface area contributed by atoms with E-state index in [4.69, 9.17) is 0 Å². The van der Waals surface area contributed by atoms with Crippen LogP contribution in [-0.4, -0.2) is 0 Å². The Kier molecular flexibility index (Phi) is 279. The summed E-state index contributed by atoms with van der Waals surface area (Å²) in [7, 11) is 0. The average Bonchev–Trinajstić information content (AvgIpc) is 0. The molecule has 0 amide bonds. The van der Waals surface area contributed by atoms with Gasteiger partial charge in [-0.2, -0.15) is 0 Å². The van der Waals surface area contributed by atoms with Crippen molar-refractivity contribution < 1.29 is 88.5 Å². The van der Waals surface area contributed by atoms with Crippen molar-refractivity contribution in [2.45, 2.75) is 0 Å². The van der Waals surface area contributed by atoms with Crippen molar-refractivity contribution in [3.8, 4) is 0 Å². The molecule has 5 heavy (non-hydrogen) atoms. The Morgan fingerprint density at radius 1 is 0.800 bits per heavy atom. The van der Waals surface area contributed by atoms with E-state index in [9.17, 15) is 0 Å². The largest absolute Gasteiger partial charge is 0 e. The van der Waals surface area contributed by atoms with Crippen LogP contribution in [-0.2, 0) is 88.5 Å². The first-order valence-corrected chi connectivity index (χ1v) is 0. The second kappa shape index (κ2) is 29.7. The Morgan fingerprint density at radius 2 is 0.800 bits per heavy atom. The fraction of sp³-hybridized carbons (Fsp3) is 0. The van der Waals surface area contributed by atoms with Gasteiger partial charge in [-0.1, -0.05) is 0 Å². The van der Waals surface area contributed by atoms with E-state index < -0.39 is 0 Å². The van der Waals surface area contributed by atoms with Crippen LogP contribution >= 0.6 is 0 Å². The van der Waals surface area contributed by atoms with E-state index in [1.165, 1.54) is 0 Å². The molecule has 0 heterocycles. The molecular weight excluding hydrogens is 329 g/mol. The van der Waals surface area contributed by atoms with Crippen molar-refractivity contribution in [3.63, 3.8) is 0 Å². The third kappa shape index (κ3) is 20.2. The molecule has 0 aliphatic carbocycles. The fourth-order valence-corrected chi connectivity index (χ4v) is 0. The van der Waals surface area contributed by atoms with Crippen LogP contribution in [0.5, 0.6) is 0 Å². The molecule has 0 spiro atoms. The predicted octanol–water partition coefficient (Wildman–Crippen LogP) is -0.0125. The average molecular weight is 329 g/mol. The van der Waals surface area contributed by atoms with Crippen LogP contribution in [0.1, 0.15) is 0 Å². The Morgan fingerprint density at radius 3 is 0.800 bits per heavy atom. The Balaban J connectivity index is 0. The number of rotatable bonds is 0. The summed E-state index contributed by atoms with van der Waals surface area (Å²) in [5.41, 5.74) is 0. The van der Waals surface area contributed by atoms with E-state index in [2.05, 4.69) is 0 Å². The Bertz CT molecular complexity index is 9.61. The summed E-state index contributed by atoms with van der Waals surface area (Å²) in [4.78, 5) is 0. The first-order chi connectivity index (χ1) is 0. The van der Waals surface area contributed by atoms with Crippen molar-refractivity contribution in [3.05, 3.63) is 0 Å². The molecule has 0 saturated heterocycles. The molecule has 0 bridgehead atoms. The van der Waals surface area contributed by atoms with Crippen molar-refractivity contribution >= 4 is 0 Å². The van der Waals surface area contributed by atoms with Crippen LogP contribution < -0.4 is 0 Å². The molecule has 43 valence electrons. The molecule has 0 aromatic heterocycles. The second-order valence-corrected chi connectivity index (χ2v) is 0. The predicted molar refractivity (Wildman–Crippen MR) is 0 cm³/mol.